The molecule has 2 nitrogen and oxygen atoms in total. The van der Waals surface area contributed by atoms with Crippen molar-refractivity contribution in [1.82, 2.24) is 9.80 Å². The molecule has 0 unspecified atom stereocenters. The van der Waals surface area contributed by atoms with Crippen molar-refractivity contribution in [3.05, 3.63) is 71.0 Å². The summed E-state index contributed by atoms with van der Waals surface area (Å²) in [6.45, 7) is 7.54. The molecule has 0 aromatic heterocycles. The summed E-state index contributed by atoms with van der Waals surface area (Å²) in [5.41, 5.74) is 3.74. The minimum Gasteiger partial charge on any atom is -0.297 e. The highest BCUT2D eigenvalue weighted by atomic mass is 19.1. The summed E-state index contributed by atoms with van der Waals surface area (Å²) in [5, 5.41) is 0. The highest BCUT2D eigenvalue weighted by Gasteiger charge is 2.34. The lowest BCUT2D eigenvalue weighted by Gasteiger charge is -2.36. The average molecular weight is 338 g/mol. The first kappa shape index (κ1) is 16.7. The van der Waals surface area contributed by atoms with Crippen LogP contribution in [0.25, 0.3) is 0 Å². The van der Waals surface area contributed by atoms with E-state index in [4.69, 9.17) is 0 Å². The van der Waals surface area contributed by atoms with Crippen molar-refractivity contribution in [1.29, 1.82) is 0 Å². The number of rotatable bonds is 4. The molecule has 25 heavy (non-hydrogen) atoms. The molecule has 3 saturated heterocycles. The second kappa shape index (κ2) is 7.27. The van der Waals surface area contributed by atoms with Crippen molar-refractivity contribution in [2.45, 2.75) is 38.9 Å². The normalized spacial score (nSPS) is 24.4. The van der Waals surface area contributed by atoms with Crippen LogP contribution in [0.3, 0.4) is 0 Å². The minimum atomic E-state index is -0.132. The molecule has 2 atom stereocenters. The standard InChI is InChI=1S/C22H27FN2/c1-17-11-21(23)9-8-20(17)15-25-14-19-7-10-22(25)16-24(13-19)12-18-5-3-2-4-6-18/h2-6,8-9,11,19,22H,7,10,12-16H2,1H3/t19-,22+/m0/s1. The summed E-state index contributed by atoms with van der Waals surface area (Å²) < 4.78 is 13.4. The van der Waals surface area contributed by atoms with Gasteiger partial charge in [-0.2, -0.15) is 0 Å². The van der Waals surface area contributed by atoms with E-state index >= 15 is 0 Å². The minimum absolute atomic E-state index is 0.132. The van der Waals surface area contributed by atoms with Crippen LogP contribution in [0.1, 0.15) is 29.5 Å². The van der Waals surface area contributed by atoms with E-state index in [1.54, 1.807) is 12.1 Å². The summed E-state index contributed by atoms with van der Waals surface area (Å²) in [6, 6.07) is 16.6. The van der Waals surface area contributed by atoms with Crippen LogP contribution < -0.4 is 0 Å². The van der Waals surface area contributed by atoms with Crippen molar-refractivity contribution in [3.63, 3.8) is 0 Å². The molecule has 0 spiro atoms. The van der Waals surface area contributed by atoms with Crippen LogP contribution in [0.15, 0.2) is 48.5 Å². The molecule has 3 heteroatoms. The fourth-order valence-electron chi connectivity index (χ4n) is 4.50. The van der Waals surface area contributed by atoms with E-state index in [9.17, 15) is 4.39 Å². The van der Waals surface area contributed by atoms with Gasteiger partial charge in [0.15, 0.2) is 0 Å². The van der Waals surface area contributed by atoms with Crippen LogP contribution in [0, 0.1) is 18.7 Å². The molecular formula is C22H27FN2. The van der Waals surface area contributed by atoms with Gasteiger partial charge < -0.3 is 0 Å². The third kappa shape index (κ3) is 3.94. The number of nitrogens with zero attached hydrogens (tertiary/aromatic N) is 2. The van der Waals surface area contributed by atoms with Gasteiger partial charge >= 0.3 is 0 Å². The van der Waals surface area contributed by atoms with Crippen LogP contribution in [0.5, 0.6) is 0 Å². The molecule has 3 heterocycles. The number of benzene rings is 2. The second-order valence-electron chi connectivity index (χ2n) is 7.78. The highest BCUT2D eigenvalue weighted by Crippen LogP contribution is 2.30. The first-order valence-corrected chi connectivity index (χ1v) is 9.43. The largest absolute Gasteiger partial charge is 0.297 e. The van der Waals surface area contributed by atoms with Crippen LogP contribution in [-0.2, 0) is 13.1 Å². The topological polar surface area (TPSA) is 6.48 Å². The number of aryl methyl sites for hydroxylation is 1. The maximum Gasteiger partial charge on any atom is 0.123 e. The van der Waals surface area contributed by atoms with E-state index in [2.05, 4.69) is 40.1 Å². The zero-order chi connectivity index (χ0) is 17.2. The Hall–Kier alpha value is -1.71. The van der Waals surface area contributed by atoms with Crippen LogP contribution in [0.2, 0.25) is 0 Å². The lowest BCUT2D eigenvalue weighted by Crippen LogP contribution is -2.43. The molecule has 3 aliphatic heterocycles. The fourth-order valence-corrected chi connectivity index (χ4v) is 4.50. The Labute approximate surface area is 150 Å². The molecule has 0 aliphatic carbocycles. The van der Waals surface area contributed by atoms with Gasteiger partial charge in [-0.05, 0) is 54.5 Å². The molecule has 2 aromatic rings. The molecule has 2 aromatic carbocycles. The van der Waals surface area contributed by atoms with Gasteiger partial charge in [-0.1, -0.05) is 36.4 Å². The van der Waals surface area contributed by atoms with Gasteiger partial charge in [0.2, 0.25) is 0 Å². The van der Waals surface area contributed by atoms with Crippen LogP contribution in [0.4, 0.5) is 4.39 Å². The Morgan fingerprint density at radius 1 is 0.960 bits per heavy atom. The highest BCUT2D eigenvalue weighted by molar-refractivity contribution is 5.26. The summed E-state index contributed by atoms with van der Waals surface area (Å²) in [6.07, 6.45) is 2.63. The Bertz CT molecular complexity index is 715. The molecule has 0 N–H and O–H groups in total. The SMILES string of the molecule is Cc1cc(F)ccc1CN1C[C@H]2CC[C@@H]1CN(Cc1ccccc1)C2. The molecular weight excluding hydrogens is 311 g/mol. The molecule has 5 rings (SSSR count). The van der Waals surface area contributed by atoms with E-state index in [1.165, 1.54) is 37.1 Å². The Kier molecular flexibility index (Phi) is 4.87. The second-order valence-corrected chi connectivity index (χ2v) is 7.78. The maximum absolute atomic E-state index is 13.4. The van der Waals surface area contributed by atoms with Crippen LogP contribution in [-0.4, -0.2) is 35.5 Å². The van der Waals surface area contributed by atoms with Crippen molar-refractivity contribution in [2.24, 2.45) is 5.92 Å². The van der Waals surface area contributed by atoms with E-state index in [1.807, 2.05) is 13.0 Å². The van der Waals surface area contributed by atoms with Crippen molar-refractivity contribution in [3.8, 4) is 0 Å². The van der Waals surface area contributed by atoms with Crippen molar-refractivity contribution < 1.29 is 4.39 Å². The summed E-state index contributed by atoms with van der Waals surface area (Å²) in [4.78, 5) is 5.27. The van der Waals surface area contributed by atoms with E-state index in [0.717, 1.165) is 31.1 Å². The maximum atomic E-state index is 13.4. The summed E-state index contributed by atoms with van der Waals surface area (Å²) in [7, 11) is 0. The third-order valence-electron chi connectivity index (χ3n) is 5.83. The molecule has 0 saturated carbocycles. The molecule has 0 radical (unpaired) electrons. The van der Waals surface area contributed by atoms with Gasteiger partial charge in [0.25, 0.3) is 0 Å². The number of hydrogen-bond acceptors (Lipinski definition) is 2. The van der Waals surface area contributed by atoms with Gasteiger partial charge in [0.05, 0.1) is 0 Å². The molecule has 3 aliphatic rings. The van der Waals surface area contributed by atoms with Crippen molar-refractivity contribution >= 4 is 0 Å². The predicted molar refractivity (Wildman–Crippen MR) is 99.8 cm³/mol. The van der Waals surface area contributed by atoms with Crippen molar-refractivity contribution in [2.75, 3.05) is 19.6 Å². The smallest absolute Gasteiger partial charge is 0.123 e. The summed E-state index contributed by atoms with van der Waals surface area (Å²) >= 11 is 0. The lowest BCUT2D eigenvalue weighted by molar-refractivity contribution is 0.123. The van der Waals surface area contributed by atoms with Gasteiger partial charge in [-0.15, -0.1) is 0 Å². The number of piperidine rings is 1. The number of fused-ring (bicyclic) bond motifs is 4. The predicted octanol–water partition coefficient (Wildman–Crippen LogP) is 4.23. The fraction of sp³-hybridized carbons (Fsp3) is 0.455. The first-order chi connectivity index (χ1) is 12.2. The Balaban J connectivity index is 1.46. The Morgan fingerprint density at radius 2 is 1.80 bits per heavy atom. The first-order valence-electron chi connectivity index (χ1n) is 9.43. The average Bonchev–Trinajstić information content (AvgIpc) is 2.89. The lowest BCUT2D eigenvalue weighted by atomic mass is 9.94. The third-order valence-corrected chi connectivity index (χ3v) is 5.83. The monoisotopic (exact) mass is 338 g/mol. The van der Waals surface area contributed by atoms with Crippen LogP contribution >= 0.6 is 0 Å². The molecule has 0 amide bonds. The van der Waals surface area contributed by atoms with Gasteiger partial charge in [0, 0.05) is 38.8 Å². The zero-order valence-electron chi connectivity index (χ0n) is 15.0. The molecule has 2 bridgehead atoms. The van der Waals surface area contributed by atoms with E-state index < -0.39 is 0 Å². The zero-order valence-corrected chi connectivity index (χ0v) is 15.0. The quantitative estimate of drug-likeness (QED) is 0.823. The van der Waals surface area contributed by atoms with Gasteiger partial charge in [0.1, 0.15) is 5.82 Å². The Morgan fingerprint density at radius 3 is 2.60 bits per heavy atom. The van der Waals surface area contributed by atoms with Gasteiger partial charge in [-0.25, -0.2) is 4.39 Å². The number of hydrogen-bond donors (Lipinski definition) is 0. The summed E-state index contributed by atoms with van der Waals surface area (Å²) in [5.74, 6) is 0.621. The molecule has 3 fully saturated rings. The van der Waals surface area contributed by atoms with Gasteiger partial charge in [-0.3, -0.25) is 9.80 Å². The van der Waals surface area contributed by atoms with E-state index in [-0.39, 0.29) is 5.82 Å². The van der Waals surface area contributed by atoms with E-state index in [0.29, 0.717) is 6.04 Å². The molecule has 132 valence electrons. The number of halogens is 1.